The molecule has 3 saturated carbocycles. The molecule has 0 unspecified atom stereocenters. The lowest BCUT2D eigenvalue weighted by Crippen LogP contribution is -2.58. The van der Waals surface area contributed by atoms with Gasteiger partial charge in [-0.2, -0.15) is 0 Å². The Balaban J connectivity index is 1.24. The largest absolute Gasteiger partial charge is 0.350 e. The number of aromatic nitrogens is 4. The summed E-state index contributed by atoms with van der Waals surface area (Å²) in [5, 5.41) is 7.75. The van der Waals surface area contributed by atoms with E-state index in [4.69, 9.17) is 21.6 Å². The first-order chi connectivity index (χ1) is 22.6. The van der Waals surface area contributed by atoms with Crippen LogP contribution in [0, 0.1) is 23.2 Å². The van der Waals surface area contributed by atoms with E-state index in [9.17, 15) is 9.59 Å². The highest BCUT2D eigenvalue weighted by Crippen LogP contribution is 2.61. The van der Waals surface area contributed by atoms with Crippen LogP contribution in [-0.2, 0) is 17.8 Å². The molecule has 5 atom stereocenters. The number of aryl methyl sites for hydroxylation is 1. The van der Waals surface area contributed by atoms with Crippen molar-refractivity contribution in [3.63, 3.8) is 0 Å². The number of hydrogen-bond donors (Lipinski definition) is 2. The fourth-order valence-electron chi connectivity index (χ4n) is 7.88. The molecule has 4 fully saturated rings. The molecular weight excluding hydrogens is 612 g/mol. The Morgan fingerprint density at radius 2 is 1.91 bits per heavy atom. The van der Waals surface area contributed by atoms with E-state index in [1.54, 1.807) is 23.2 Å². The zero-order valence-electron chi connectivity index (χ0n) is 27.3. The zero-order valence-corrected chi connectivity index (χ0v) is 28.0. The van der Waals surface area contributed by atoms with Gasteiger partial charge in [0.25, 0.3) is 5.56 Å². The number of nitrogens with one attached hydrogen (secondary N) is 2. The smallest absolute Gasteiger partial charge is 0.261 e. The molecule has 0 spiro atoms. The number of rotatable bonds is 6. The molecule has 3 heterocycles. The summed E-state index contributed by atoms with van der Waals surface area (Å²) in [5.41, 5.74) is 3.08. The highest BCUT2D eigenvalue weighted by Gasteiger charge is 2.56. The number of carbonyl (C=O) groups is 1. The van der Waals surface area contributed by atoms with Crippen LogP contribution < -0.4 is 16.2 Å². The number of benzene rings is 2. The highest BCUT2D eigenvalue weighted by atomic mass is 35.5. The van der Waals surface area contributed by atoms with Crippen LogP contribution in [0.3, 0.4) is 0 Å². The van der Waals surface area contributed by atoms with Crippen LogP contribution in [-0.4, -0.2) is 61.5 Å². The molecule has 3 aliphatic carbocycles. The first-order valence-corrected chi connectivity index (χ1v) is 16.9. The van der Waals surface area contributed by atoms with Crippen molar-refractivity contribution < 1.29 is 4.79 Å². The van der Waals surface area contributed by atoms with Crippen molar-refractivity contribution in [2.24, 2.45) is 28.2 Å². The average Bonchev–Trinajstić information content (AvgIpc) is 3.05. The molecule has 244 valence electrons. The summed E-state index contributed by atoms with van der Waals surface area (Å²) in [6, 6.07) is 13.4. The van der Waals surface area contributed by atoms with Crippen LogP contribution in [0.15, 0.2) is 70.8 Å². The summed E-state index contributed by atoms with van der Waals surface area (Å²) in [5.74, 6) is 2.87. The second-order valence-corrected chi connectivity index (χ2v) is 14.5. The van der Waals surface area contributed by atoms with Crippen LogP contribution in [0.4, 0.5) is 5.69 Å². The van der Waals surface area contributed by atoms with Gasteiger partial charge in [-0.15, -0.1) is 0 Å². The number of anilines is 1. The van der Waals surface area contributed by atoms with E-state index >= 15 is 0 Å². The Bertz CT molecular complexity index is 1890. The Hall–Kier alpha value is -4.31. The van der Waals surface area contributed by atoms with Crippen LogP contribution in [0.5, 0.6) is 0 Å². The normalized spacial score (nSPS) is 25.3. The number of halogens is 1. The minimum atomic E-state index is -0.149. The Morgan fingerprint density at radius 3 is 2.62 bits per heavy atom. The molecule has 1 aliphatic heterocycles. The molecule has 2 aromatic heterocycles. The van der Waals surface area contributed by atoms with Gasteiger partial charge in [0.2, 0.25) is 5.91 Å². The summed E-state index contributed by atoms with van der Waals surface area (Å²) < 4.78 is 1.67. The molecule has 2 bridgehead atoms. The fraction of sp³-hybridized carbons (Fsp3) is 0.444. The topological polar surface area (TPSA) is 117 Å². The molecule has 1 amide bonds. The third-order valence-electron chi connectivity index (χ3n) is 10.7. The first-order valence-electron chi connectivity index (χ1n) is 16.5. The predicted molar refractivity (Wildman–Crippen MR) is 185 cm³/mol. The number of piperazine rings is 1. The number of guanidine groups is 1. The van der Waals surface area contributed by atoms with Crippen molar-refractivity contribution >= 4 is 40.1 Å². The lowest BCUT2D eigenvalue weighted by atomic mass is 9.45. The highest BCUT2D eigenvalue weighted by molar-refractivity contribution is 6.30. The van der Waals surface area contributed by atoms with Gasteiger partial charge in [-0.25, -0.2) is 15.0 Å². The number of amides is 1. The van der Waals surface area contributed by atoms with Crippen molar-refractivity contribution in [1.29, 1.82) is 0 Å². The van der Waals surface area contributed by atoms with Crippen LogP contribution >= 0.6 is 11.6 Å². The molecule has 1 saturated heterocycles. The van der Waals surface area contributed by atoms with Gasteiger partial charge in [0.05, 0.1) is 29.7 Å². The Morgan fingerprint density at radius 1 is 1.11 bits per heavy atom. The maximum Gasteiger partial charge on any atom is 0.261 e. The summed E-state index contributed by atoms with van der Waals surface area (Å²) in [4.78, 5) is 47.7. The fourth-order valence-corrected chi connectivity index (χ4v) is 8.00. The Kier molecular flexibility index (Phi) is 8.24. The van der Waals surface area contributed by atoms with Crippen molar-refractivity contribution in [3.05, 3.63) is 82.0 Å². The quantitative estimate of drug-likeness (QED) is 0.211. The predicted octanol–water partition coefficient (Wildman–Crippen LogP) is 5.41. The van der Waals surface area contributed by atoms with E-state index in [1.807, 2.05) is 54.3 Å². The average molecular weight is 653 g/mol. The molecule has 4 aliphatic rings. The van der Waals surface area contributed by atoms with Gasteiger partial charge in [0.1, 0.15) is 5.69 Å². The molecule has 0 radical (unpaired) electrons. The monoisotopic (exact) mass is 652 g/mol. The number of hydrogen-bond acceptors (Lipinski definition) is 6. The van der Waals surface area contributed by atoms with Crippen LogP contribution in [0.25, 0.3) is 22.4 Å². The number of carbonyl (C=O) groups excluding carboxylic acids is 1. The van der Waals surface area contributed by atoms with Crippen molar-refractivity contribution in [2.45, 2.75) is 65.6 Å². The number of fused-ring (bicyclic) bond motifs is 3. The van der Waals surface area contributed by atoms with E-state index in [0.717, 1.165) is 17.7 Å². The second-order valence-electron chi connectivity index (χ2n) is 14.0. The van der Waals surface area contributed by atoms with Crippen molar-refractivity contribution in [1.82, 2.24) is 29.7 Å². The van der Waals surface area contributed by atoms with Gasteiger partial charge in [0, 0.05) is 42.2 Å². The molecule has 11 heteroatoms. The number of nitrogens with zero attached hydrogens (tertiary/aromatic N) is 6. The molecule has 2 aromatic carbocycles. The van der Waals surface area contributed by atoms with E-state index in [-0.39, 0.29) is 30.1 Å². The van der Waals surface area contributed by atoms with E-state index in [2.05, 4.69) is 41.4 Å². The standard InChI is InChI=1S/C36H41ClN8O2/c1-21-19-44(20-32(46)40-21)35(43-29-16-24-15-28(22(29)2)36(24,3)4)41-26-9-10-27-30(17-26)42-33(31-18-38-12-13-39-31)45(34(27)47)14-11-23-5-7-25(37)8-6-23/h5-10,12-13,17-18,21-22,24,28-29H,11,14-16,19-20H2,1-4H3,(H,40,46)(H,41,43)/t21-,22-,24-,28+,29-/m0/s1. The minimum absolute atomic E-state index is 0.00137. The minimum Gasteiger partial charge on any atom is -0.350 e. The second kappa shape index (κ2) is 12.4. The molecule has 10 nitrogen and oxygen atoms in total. The lowest BCUT2D eigenvalue weighted by Gasteiger charge is -2.61. The molecule has 4 aromatic rings. The summed E-state index contributed by atoms with van der Waals surface area (Å²) >= 11 is 6.09. The third kappa shape index (κ3) is 6.11. The van der Waals surface area contributed by atoms with E-state index < -0.39 is 0 Å². The summed E-state index contributed by atoms with van der Waals surface area (Å²) in [6.07, 6.45) is 7.76. The first kappa shape index (κ1) is 31.3. The van der Waals surface area contributed by atoms with E-state index in [0.29, 0.717) is 76.1 Å². The van der Waals surface area contributed by atoms with Crippen LogP contribution in [0.2, 0.25) is 5.02 Å². The summed E-state index contributed by atoms with van der Waals surface area (Å²) in [6.45, 7) is 10.4. The van der Waals surface area contributed by atoms with Crippen LogP contribution in [0.1, 0.15) is 46.1 Å². The SMILES string of the molecule is C[C@@H]1[C@@H](N=C(Nc2ccc3c(=O)n(CCc4ccc(Cl)cc4)c(-c4cnccn4)nc3c2)N2CC(=O)N[C@@H](C)C2)C[C@@H]2C[C@H]1C2(C)C. The van der Waals surface area contributed by atoms with Gasteiger partial charge < -0.3 is 15.5 Å². The van der Waals surface area contributed by atoms with Gasteiger partial charge in [0.15, 0.2) is 11.8 Å². The van der Waals surface area contributed by atoms with Gasteiger partial charge in [-0.05, 0) is 85.3 Å². The van der Waals surface area contributed by atoms with E-state index in [1.165, 1.54) is 6.42 Å². The summed E-state index contributed by atoms with van der Waals surface area (Å²) in [7, 11) is 0. The molecule has 2 N–H and O–H groups in total. The lowest BCUT2D eigenvalue weighted by molar-refractivity contribution is -0.124. The van der Waals surface area contributed by atoms with Crippen molar-refractivity contribution in [2.75, 3.05) is 18.4 Å². The van der Waals surface area contributed by atoms with Gasteiger partial charge >= 0.3 is 0 Å². The Labute approximate surface area is 279 Å². The molecule has 47 heavy (non-hydrogen) atoms. The maximum atomic E-state index is 14.0. The van der Waals surface area contributed by atoms with Gasteiger partial charge in [-0.3, -0.25) is 19.1 Å². The molecular formula is C36H41ClN8O2. The van der Waals surface area contributed by atoms with Gasteiger partial charge in [-0.1, -0.05) is 44.5 Å². The third-order valence-corrected chi connectivity index (χ3v) is 10.9. The van der Waals surface area contributed by atoms with Crippen molar-refractivity contribution in [3.8, 4) is 11.5 Å². The molecule has 8 rings (SSSR count). The number of aliphatic imine (C=N–C) groups is 1. The zero-order chi connectivity index (χ0) is 32.9. The maximum absolute atomic E-state index is 14.0.